The molecule has 0 unspecified atom stereocenters. The molecule has 4 nitrogen and oxygen atoms in total. The highest BCUT2D eigenvalue weighted by atomic mass is 19.3. The third-order valence-electron chi connectivity index (χ3n) is 4.19. The number of benzene rings is 1. The van der Waals surface area contributed by atoms with Crippen molar-refractivity contribution in [2.45, 2.75) is 26.3 Å². The highest BCUT2D eigenvalue weighted by Gasteiger charge is 2.29. The summed E-state index contributed by atoms with van der Waals surface area (Å²) in [5, 5.41) is 6.94. The molecule has 7 heteroatoms. The van der Waals surface area contributed by atoms with E-state index < -0.39 is 11.7 Å². The number of aryl methyl sites for hydroxylation is 2. The fraction of sp³-hybridized carbons (Fsp3) is 0.263. The number of pyridine rings is 1. The van der Waals surface area contributed by atoms with Crippen molar-refractivity contribution in [2.24, 2.45) is 7.05 Å². The molecule has 0 atom stereocenters. The molecular formula is C19H19F3N4. The van der Waals surface area contributed by atoms with Gasteiger partial charge in [0.25, 0.3) is 5.92 Å². The fourth-order valence-corrected chi connectivity index (χ4v) is 2.66. The van der Waals surface area contributed by atoms with Crippen LogP contribution < -0.4 is 5.32 Å². The topological polar surface area (TPSA) is 42.7 Å². The first-order valence-corrected chi connectivity index (χ1v) is 8.11. The molecule has 0 fully saturated rings. The van der Waals surface area contributed by atoms with Crippen LogP contribution in [-0.4, -0.2) is 14.8 Å². The number of anilines is 1. The van der Waals surface area contributed by atoms with Gasteiger partial charge in [-0.25, -0.2) is 4.39 Å². The summed E-state index contributed by atoms with van der Waals surface area (Å²) in [5.74, 6) is -3.58. The van der Waals surface area contributed by atoms with Gasteiger partial charge in [-0.05, 0) is 48.4 Å². The first-order valence-electron chi connectivity index (χ1n) is 8.11. The lowest BCUT2D eigenvalue weighted by molar-refractivity contribution is 0.0122. The number of aromatic nitrogens is 3. The van der Waals surface area contributed by atoms with Crippen LogP contribution in [0.4, 0.5) is 18.9 Å². The van der Waals surface area contributed by atoms with Gasteiger partial charge in [-0.3, -0.25) is 9.67 Å². The van der Waals surface area contributed by atoms with Gasteiger partial charge in [0.2, 0.25) is 0 Å². The molecule has 0 aliphatic rings. The lowest BCUT2D eigenvalue weighted by Gasteiger charge is -2.10. The Morgan fingerprint density at radius 2 is 1.96 bits per heavy atom. The number of nitrogens with zero attached hydrogens (tertiary/aromatic N) is 3. The molecule has 2 heterocycles. The van der Waals surface area contributed by atoms with Crippen molar-refractivity contribution in [2.75, 3.05) is 5.32 Å². The molecule has 0 radical (unpaired) electrons. The summed E-state index contributed by atoms with van der Waals surface area (Å²) in [4.78, 5) is 4.04. The quantitative estimate of drug-likeness (QED) is 0.720. The molecule has 0 saturated heterocycles. The highest BCUT2D eigenvalue weighted by molar-refractivity contribution is 5.64. The summed E-state index contributed by atoms with van der Waals surface area (Å²) in [6.07, 6.45) is 3.47. The van der Waals surface area contributed by atoms with Crippen LogP contribution in [0.15, 0.2) is 42.7 Å². The van der Waals surface area contributed by atoms with E-state index in [0.717, 1.165) is 18.1 Å². The Labute approximate surface area is 149 Å². The summed E-state index contributed by atoms with van der Waals surface area (Å²) in [7, 11) is 1.52. The molecule has 26 heavy (non-hydrogen) atoms. The van der Waals surface area contributed by atoms with Gasteiger partial charge in [-0.2, -0.15) is 13.9 Å². The van der Waals surface area contributed by atoms with E-state index >= 15 is 0 Å². The summed E-state index contributed by atoms with van der Waals surface area (Å²) >= 11 is 0. The number of hydrogen-bond donors (Lipinski definition) is 1. The molecule has 1 aromatic carbocycles. The van der Waals surface area contributed by atoms with Gasteiger partial charge in [-0.15, -0.1) is 0 Å². The maximum atomic E-state index is 14.5. The van der Waals surface area contributed by atoms with Crippen molar-refractivity contribution in [1.29, 1.82) is 0 Å². The van der Waals surface area contributed by atoms with E-state index in [1.807, 2.05) is 13.0 Å². The molecule has 0 aliphatic heterocycles. The van der Waals surface area contributed by atoms with E-state index in [1.165, 1.54) is 23.9 Å². The third-order valence-corrected chi connectivity index (χ3v) is 4.19. The van der Waals surface area contributed by atoms with Crippen LogP contribution in [0.1, 0.15) is 23.7 Å². The van der Waals surface area contributed by atoms with Gasteiger partial charge in [0, 0.05) is 44.2 Å². The minimum absolute atomic E-state index is 0.223. The van der Waals surface area contributed by atoms with Gasteiger partial charge in [0.15, 0.2) is 0 Å². The molecule has 0 amide bonds. The molecule has 0 bridgehead atoms. The van der Waals surface area contributed by atoms with E-state index in [0.29, 0.717) is 17.9 Å². The standard InChI is InChI=1S/C19H19F3N4/c1-12-10-23-7-6-13(12)11-24-14-4-5-15(16(20)8-14)17-9-18(19(2,21)22)25-26(17)3/h4-10,24H,11H2,1-3H3. The van der Waals surface area contributed by atoms with Crippen molar-refractivity contribution >= 4 is 5.69 Å². The Bertz CT molecular complexity index is 929. The molecule has 3 aromatic rings. The maximum absolute atomic E-state index is 14.5. The summed E-state index contributed by atoms with van der Waals surface area (Å²) in [6.45, 7) is 3.26. The Morgan fingerprint density at radius 3 is 2.58 bits per heavy atom. The molecule has 0 aliphatic carbocycles. The number of halogens is 3. The van der Waals surface area contributed by atoms with Crippen LogP contribution in [0.2, 0.25) is 0 Å². The van der Waals surface area contributed by atoms with Crippen molar-refractivity contribution in [3.63, 3.8) is 0 Å². The summed E-state index contributed by atoms with van der Waals surface area (Å²) in [6, 6.07) is 7.74. The Kier molecular flexibility index (Phi) is 4.71. The minimum Gasteiger partial charge on any atom is -0.381 e. The summed E-state index contributed by atoms with van der Waals surface area (Å²) < 4.78 is 42.7. The second kappa shape index (κ2) is 6.82. The van der Waals surface area contributed by atoms with E-state index in [2.05, 4.69) is 15.4 Å². The number of hydrogen-bond acceptors (Lipinski definition) is 3. The zero-order valence-corrected chi connectivity index (χ0v) is 14.7. The van der Waals surface area contributed by atoms with Gasteiger partial charge in [0.05, 0.1) is 5.69 Å². The zero-order valence-electron chi connectivity index (χ0n) is 14.7. The minimum atomic E-state index is -3.07. The van der Waals surface area contributed by atoms with Crippen LogP contribution in [0.3, 0.4) is 0 Å². The van der Waals surface area contributed by atoms with Gasteiger partial charge >= 0.3 is 0 Å². The first-order chi connectivity index (χ1) is 12.3. The second-order valence-electron chi connectivity index (χ2n) is 6.28. The molecule has 3 rings (SSSR count). The number of nitrogens with one attached hydrogen (secondary N) is 1. The van der Waals surface area contributed by atoms with Crippen LogP contribution in [-0.2, 0) is 19.5 Å². The van der Waals surface area contributed by atoms with Gasteiger partial charge in [-0.1, -0.05) is 0 Å². The lowest BCUT2D eigenvalue weighted by atomic mass is 10.1. The average Bonchev–Trinajstić information content (AvgIpc) is 2.96. The Balaban J connectivity index is 1.82. The van der Waals surface area contributed by atoms with Crippen molar-refractivity contribution < 1.29 is 13.2 Å². The third kappa shape index (κ3) is 3.71. The zero-order chi connectivity index (χ0) is 18.9. The first kappa shape index (κ1) is 18.0. The fourth-order valence-electron chi connectivity index (χ4n) is 2.66. The molecular weight excluding hydrogens is 341 g/mol. The molecule has 0 spiro atoms. The maximum Gasteiger partial charge on any atom is 0.288 e. The number of alkyl halides is 2. The average molecular weight is 360 g/mol. The molecule has 0 saturated carbocycles. The van der Waals surface area contributed by atoms with Crippen molar-refractivity contribution in [1.82, 2.24) is 14.8 Å². The smallest absolute Gasteiger partial charge is 0.288 e. The lowest BCUT2D eigenvalue weighted by Crippen LogP contribution is -2.08. The van der Waals surface area contributed by atoms with E-state index in [4.69, 9.17) is 0 Å². The second-order valence-corrected chi connectivity index (χ2v) is 6.28. The van der Waals surface area contributed by atoms with Crippen LogP contribution in [0.5, 0.6) is 0 Å². The van der Waals surface area contributed by atoms with Crippen LogP contribution >= 0.6 is 0 Å². The molecule has 1 N–H and O–H groups in total. The molecule has 2 aromatic heterocycles. The van der Waals surface area contributed by atoms with Crippen LogP contribution in [0, 0.1) is 12.7 Å². The van der Waals surface area contributed by atoms with Gasteiger partial charge < -0.3 is 5.32 Å². The Morgan fingerprint density at radius 1 is 1.19 bits per heavy atom. The van der Waals surface area contributed by atoms with E-state index in [1.54, 1.807) is 24.5 Å². The predicted octanol–water partition coefficient (Wildman–Crippen LogP) is 4.65. The normalized spacial score (nSPS) is 11.6. The highest BCUT2D eigenvalue weighted by Crippen LogP contribution is 2.31. The number of rotatable bonds is 5. The van der Waals surface area contributed by atoms with Gasteiger partial charge in [0.1, 0.15) is 11.5 Å². The molecule has 136 valence electrons. The van der Waals surface area contributed by atoms with E-state index in [-0.39, 0.29) is 11.3 Å². The SMILES string of the molecule is Cc1cnccc1CNc1ccc(-c2cc(C(C)(F)F)nn2C)c(F)c1. The van der Waals surface area contributed by atoms with E-state index in [9.17, 15) is 13.2 Å². The van der Waals surface area contributed by atoms with Crippen molar-refractivity contribution in [3.05, 3.63) is 65.4 Å². The Hall–Kier alpha value is -2.83. The van der Waals surface area contributed by atoms with Crippen molar-refractivity contribution in [3.8, 4) is 11.3 Å². The largest absolute Gasteiger partial charge is 0.381 e. The monoisotopic (exact) mass is 360 g/mol. The predicted molar refractivity (Wildman–Crippen MR) is 94.5 cm³/mol. The summed E-state index contributed by atoms with van der Waals surface area (Å²) in [5.41, 5.74) is 2.85. The van der Waals surface area contributed by atoms with Crippen LogP contribution in [0.25, 0.3) is 11.3 Å².